The monoisotopic (exact) mass is 318 g/mol. The molecule has 0 amide bonds. The van der Waals surface area contributed by atoms with Gasteiger partial charge in [-0.2, -0.15) is 0 Å². The van der Waals surface area contributed by atoms with Crippen molar-refractivity contribution in [2.75, 3.05) is 0 Å². The van der Waals surface area contributed by atoms with E-state index < -0.39 is 0 Å². The summed E-state index contributed by atoms with van der Waals surface area (Å²) in [7, 11) is 0. The molecule has 2 nitrogen and oxygen atoms in total. The average molecular weight is 318 g/mol. The van der Waals surface area contributed by atoms with Gasteiger partial charge < -0.3 is 0 Å². The van der Waals surface area contributed by atoms with Crippen molar-refractivity contribution in [2.45, 2.75) is 33.1 Å². The molecule has 0 unspecified atom stereocenters. The molecule has 122 valence electrons. The smallest absolute Gasteiger partial charge is 0.167 e. The summed E-state index contributed by atoms with van der Waals surface area (Å²) in [5.41, 5.74) is 3.84. The van der Waals surface area contributed by atoms with Gasteiger partial charge >= 0.3 is 0 Å². The average Bonchev–Trinajstić information content (AvgIpc) is 2.54. The highest BCUT2D eigenvalue weighted by atomic mass is 16.1. The van der Waals surface area contributed by atoms with Crippen LogP contribution in [0.1, 0.15) is 48.2 Å². The Morgan fingerprint density at radius 1 is 0.958 bits per heavy atom. The molecule has 3 rings (SSSR count). The third-order valence-electron chi connectivity index (χ3n) is 4.44. The molecule has 0 atom stereocenters. The summed E-state index contributed by atoms with van der Waals surface area (Å²) >= 11 is 0. The van der Waals surface area contributed by atoms with Crippen molar-refractivity contribution in [3.8, 4) is 0 Å². The molecule has 0 saturated carbocycles. The molecule has 0 aliphatic heterocycles. The first-order valence-electron chi connectivity index (χ1n) is 8.34. The minimum atomic E-state index is 0.00294. The Kier molecular flexibility index (Phi) is 4.48. The van der Waals surface area contributed by atoms with Gasteiger partial charge in [0.25, 0.3) is 0 Å². The van der Waals surface area contributed by atoms with Crippen molar-refractivity contribution in [3.05, 3.63) is 77.4 Å². The van der Waals surface area contributed by atoms with Crippen molar-refractivity contribution in [2.24, 2.45) is 5.41 Å². The molecule has 2 heteroatoms. The molecule has 2 aromatic rings. The van der Waals surface area contributed by atoms with Crippen LogP contribution in [0.5, 0.6) is 0 Å². The zero-order chi connectivity index (χ0) is 17.2. The third-order valence-corrected chi connectivity index (χ3v) is 4.44. The van der Waals surface area contributed by atoms with Gasteiger partial charge in [0.1, 0.15) is 0 Å². The molecule has 0 bridgehead atoms. The first kappa shape index (κ1) is 16.4. The van der Waals surface area contributed by atoms with E-state index in [0.29, 0.717) is 18.4 Å². The van der Waals surface area contributed by atoms with Crippen LogP contribution in [0.15, 0.2) is 60.7 Å². The summed E-state index contributed by atoms with van der Waals surface area (Å²) in [5.74, 6) is 0.298. The molecule has 24 heavy (non-hydrogen) atoms. The Hall–Kier alpha value is -2.48. The number of rotatable bonds is 4. The van der Waals surface area contributed by atoms with Gasteiger partial charge in [0.05, 0.1) is 0 Å². The predicted molar refractivity (Wildman–Crippen MR) is 96.9 cm³/mol. The van der Waals surface area contributed by atoms with Gasteiger partial charge in [-0.1, -0.05) is 68.4 Å². The van der Waals surface area contributed by atoms with Gasteiger partial charge in [0, 0.05) is 18.4 Å². The Morgan fingerprint density at radius 2 is 1.62 bits per heavy atom. The van der Waals surface area contributed by atoms with Gasteiger partial charge in [-0.25, -0.2) is 0 Å². The maximum absolute atomic E-state index is 12.4. The third kappa shape index (κ3) is 3.88. The van der Waals surface area contributed by atoms with Crippen LogP contribution < -0.4 is 0 Å². The van der Waals surface area contributed by atoms with Gasteiger partial charge in [-0.3, -0.25) is 9.59 Å². The van der Waals surface area contributed by atoms with Gasteiger partial charge in [-0.05, 0) is 34.6 Å². The van der Waals surface area contributed by atoms with Crippen LogP contribution in [-0.2, 0) is 11.2 Å². The molecule has 1 aliphatic carbocycles. The van der Waals surface area contributed by atoms with E-state index in [4.69, 9.17) is 0 Å². The second-order valence-electron chi connectivity index (χ2n) is 7.32. The lowest BCUT2D eigenvalue weighted by atomic mass is 9.75. The van der Waals surface area contributed by atoms with Crippen molar-refractivity contribution in [1.29, 1.82) is 0 Å². The van der Waals surface area contributed by atoms with E-state index in [-0.39, 0.29) is 17.0 Å². The SMILES string of the molecule is CC1(C)CC(=O)C=C(c2ccc(C(=O)Cc3ccccc3)cc2)C1. The molecule has 0 saturated heterocycles. The van der Waals surface area contributed by atoms with E-state index in [2.05, 4.69) is 13.8 Å². The second kappa shape index (κ2) is 6.56. The molecule has 0 heterocycles. The van der Waals surface area contributed by atoms with E-state index in [0.717, 1.165) is 23.1 Å². The number of hydrogen-bond acceptors (Lipinski definition) is 2. The van der Waals surface area contributed by atoms with Crippen LogP contribution in [-0.4, -0.2) is 11.6 Å². The number of carbonyl (C=O) groups excluding carboxylic acids is 2. The van der Waals surface area contributed by atoms with Gasteiger partial charge in [0.2, 0.25) is 0 Å². The number of benzene rings is 2. The summed E-state index contributed by atoms with van der Waals surface area (Å²) < 4.78 is 0. The molecular weight excluding hydrogens is 296 g/mol. The number of hydrogen-bond donors (Lipinski definition) is 0. The Morgan fingerprint density at radius 3 is 2.25 bits per heavy atom. The minimum absolute atomic E-state index is 0.00294. The largest absolute Gasteiger partial charge is 0.295 e. The standard InChI is InChI=1S/C22H22O2/c1-22(2)14-19(13-20(23)15-22)17-8-10-18(11-9-17)21(24)12-16-6-4-3-5-7-16/h3-11,13H,12,14-15H2,1-2H3. The van der Waals surface area contributed by atoms with E-state index in [1.54, 1.807) is 6.08 Å². The lowest BCUT2D eigenvalue weighted by Crippen LogP contribution is -2.21. The highest BCUT2D eigenvalue weighted by Gasteiger charge is 2.27. The molecule has 0 aromatic heterocycles. The maximum Gasteiger partial charge on any atom is 0.167 e. The fourth-order valence-electron chi connectivity index (χ4n) is 3.29. The van der Waals surface area contributed by atoms with E-state index in [1.807, 2.05) is 54.6 Å². The highest BCUT2D eigenvalue weighted by Crippen LogP contribution is 2.38. The number of ketones is 2. The topological polar surface area (TPSA) is 34.1 Å². The Bertz CT molecular complexity index is 780. The van der Waals surface area contributed by atoms with Crippen molar-refractivity contribution in [1.82, 2.24) is 0 Å². The Labute approximate surface area is 143 Å². The maximum atomic E-state index is 12.4. The van der Waals surface area contributed by atoms with Crippen molar-refractivity contribution in [3.63, 3.8) is 0 Å². The molecular formula is C22H22O2. The van der Waals surface area contributed by atoms with E-state index in [1.165, 1.54) is 0 Å². The molecule has 0 fully saturated rings. The summed E-state index contributed by atoms with van der Waals surface area (Å²) in [6.45, 7) is 4.24. The molecule has 1 aliphatic rings. The first-order chi connectivity index (χ1) is 11.4. The van der Waals surface area contributed by atoms with Gasteiger partial charge in [0.15, 0.2) is 11.6 Å². The zero-order valence-corrected chi connectivity index (χ0v) is 14.2. The van der Waals surface area contributed by atoms with E-state index in [9.17, 15) is 9.59 Å². The highest BCUT2D eigenvalue weighted by molar-refractivity contribution is 6.00. The molecule has 0 radical (unpaired) electrons. The number of Topliss-reactive ketones (excluding diaryl/α,β-unsaturated/α-hetero) is 1. The van der Waals surface area contributed by atoms with Crippen LogP contribution in [0.4, 0.5) is 0 Å². The summed E-state index contributed by atoms with van der Waals surface area (Å²) in [6, 6.07) is 17.4. The van der Waals surface area contributed by atoms with Crippen LogP contribution in [0.3, 0.4) is 0 Å². The van der Waals surface area contributed by atoms with Crippen LogP contribution in [0, 0.1) is 5.41 Å². The number of allylic oxidation sites excluding steroid dienone is 2. The number of carbonyl (C=O) groups is 2. The lowest BCUT2D eigenvalue weighted by molar-refractivity contribution is -0.116. The molecule has 0 N–H and O–H groups in total. The normalized spacial score (nSPS) is 16.6. The van der Waals surface area contributed by atoms with E-state index >= 15 is 0 Å². The Balaban J connectivity index is 1.76. The van der Waals surface area contributed by atoms with Crippen molar-refractivity contribution >= 4 is 17.1 Å². The fraction of sp³-hybridized carbons (Fsp3) is 0.273. The van der Waals surface area contributed by atoms with Crippen LogP contribution in [0.2, 0.25) is 0 Å². The lowest BCUT2D eigenvalue weighted by Gasteiger charge is -2.29. The molecule has 0 spiro atoms. The first-order valence-corrected chi connectivity index (χ1v) is 8.34. The summed E-state index contributed by atoms with van der Waals surface area (Å²) in [4.78, 5) is 24.3. The van der Waals surface area contributed by atoms with Gasteiger partial charge in [-0.15, -0.1) is 0 Å². The quantitative estimate of drug-likeness (QED) is 0.753. The predicted octanol–water partition coefficient (Wildman–Crippen LogP) is 4.88. The second-order valence-corrected chi connectivity index (χ2v) is 7.32. The van der Waals surface area contributed by atoms with Crippen LogP contribution in [0.25, 0.3) is 5.57 Å². The molecule has 2 aromatic carbocycles. The van der Waals surface area contributed by atoms with Crippen LogP contribution >= 0.6 is 0 Å². The summed E-state index contributed by atoms with van der Waals surface area (Å²) in [5, 5.41) is 0. The fourth-order valence-corrected chi connectivity index (χ4v) is 3.29. The van der Waals surface area contributed by atoms with Crippen molar-refractivity contribution < 1.29 is 9.59 Å². The minimum Gasteiger partial charge on any atom is -0.295 e. The zero-order valence-electron chi connectivity index (χ0n) is 14.2. The summed E-state index contributed by atoms with van der Waals surface area (Å²) in [6.07, 6.45) is 3.65.